The second-order valence-electron chi connectivity index (χ2n) is 6.04. The third kappa shape index (κ3) is 5.58. The van der Waals surface area contributed by atoms with Crippen molar-refractivity contribution in [3.63, 3.8) is 0 Å². The summed E-state index contributed by atoms with van der Waals surface area (Å²) in [4.78, 5) is 16.3. The molecule has 30 heavy (non-hydrogen) atoms. The van der Waals surface area contributed by atoms with Crippen molar-refractivity contribution in [1.29, 1.82) is 5.26 Å². The first-order valence-electron chi connectivity index (χ1n) is 8.07. The number of anilines is 1. The highest BCUT2D eigenvalue weighted by Crippen LogP contribution is 2.38. The number of aryl methyl sites for hydroxylation is 1. The van der Waals surface area contributed by atoms with Crippen LogP contribution in [0.5, 0.6) is 0 Å². The van der Waals surface area contributed by atoms with Crippen LogP contribution in [0.1, 0.15) is 29.3 Å². The molecule has 1 heterocycles. The quantitative estimate of drug-likeness (QED) is 0.437. The number of rotatable bonds is 4. The van der Waals surface area contributed by atoms with Crippen LogP contribution in [0.2, 0.25) is 5.02 Å². The Hall–Kier alpha value is -2.45. The highest BCUT2D eigenvalue weighted by Gasteiger charge is 2.37. The molecule has 0 saturated heterocycles. The SMILES string of the molecule is Cc1cc(C(F)(F)F)c(C#N)c(SC(C)C(=O)Nc2ccc(Cl)cc2C(F)(F)F)n1. The number of thioether (sulfide) groups is 1. The van der Waals surface area contributed by atoms with Gasteiger partial charge in [-0.1, -0.05) is 23.4 Å². The lowest BCUT2D eigenvalue weighted by Crippen LogP contribution is -2.24. The summed E-state index contributed by atoms with van der Waals surface area (Å²) >= 11 is 6.11. The lowest BCUT2D eigenvalue weighted by atomic mass is 10.1. The Balaban J connectivity index is 2.33. The highest BCUT2D eigenvalue weighted by molar-refractivity contribution is 8.00. The molecule has 2 rings (SSSR count). The molecule has 1 aromatic carbocycles. The van der Waals surface area contributed by atoms with Crippen LogP contribution in [0, 0.1) is 18.3 Å². The number of nitrogens with one attached hydrogen (secondary N) is 1. The minimum Gasteiger partial charge on any atom is -0.325 e. The Bertz CT molecular complexity index is 1020. The number of carbonyl (C=O) groups excluding carboxylic acids is 1. The average Bonchev–Trinajstić information content (AvgIpc) is 2.61. The Morgan fingerprint density at radius 3 is 2.30 bits per heavy atom. The summed E-state index contributed by atoms with van der Waals surface area (Å²) in [6.45, 7) is 2.55. The number of pyridine rings is 1. The molecule has 1 unspecified atom stereocenters. The smallest absolute Gasteiger partial charge is 0.325 e. The van der Waals surface area contributed by atoms with E-state index >= 15 is 0 Å². The Morgan fingerprint density at radius 2 is 1.77 bits per heavy atom. The number of amides is 1. The van der Waals surface area contributed by atoms with E-state index in [0.717, 1.165) is 12.1 Å². The third-order valence-electron chi connectivity index (χ3n) is 3.73. The van der Waals surface area contributed by atoms with Crippen molar-refractivity contribution in [2.45, 2.75) is 36.5 Å². The summed E-state index contributed by atoms with van der Waals surface area (Å²) in [5.74, 6) is -0.923. The van der Waals surface area contributed by atoms with Crippen molar-refractivity contribution < 1.29 is 31.1 Å². The number of alkyl halides is 6. The van der Waals surface area contributed by atoms with Crippen molar-refractivity contribution in [3.8, 4) is 6.07 Å². The molecule has 0 spiro atoms. The molecule has 2 aromatic rings. The maximum atomic E-state index is 13.2. The topological polar surface area (TPSA) is 65.8 Å². The van der Waals surface area contributed by atoms with Gasteiger partial charge in [0.15, 0.2) is 0 Å². The number of nitriles is 1. The maximum absolute atomic E-state index is 13.2. The second-order valence-corrected chi connectivity index (χ2v) is 7.80. The van der Waals surface area contributed by atoms with Gasteiger partial charge in [0.1, 0.15) is 11.1 Å². The Morgan fingerprint density at radius 1 is 1.17 bits per heavy atom. The van der Waals surface area contributed by atoms with E-state index in [0.29, 0.717) is 23.9 Å². The summed E-state index contributed by atoms with van der Waals surface area (Å²) in [5, 5.41) is 9.54. The molecular weight excluding hydrogens is 456 g/mol. The first kappa shape index (κ1) is 23.8. The number of carbonyl (C=O) groups is 1. The summed E-state index contributed by atoms with van der Waals surface area (Å²) < 4.78 is 79.0. The molecule has 0 saturated carbocycles. The fourth-order valence-corrected chi connectivity index (χ4v) is 3.52. The van der Waals surface area contributed by atoms with E-state index in [1.807, 2.05) is 0 Å². The van der Waals surface area contributed by atoms with Crippen molar-refractivity contribution in [2.24, 2.45) is 0 Å². The van der Waals surface area contributed by atoms with Crippen LogP contribution in [0.15, 0.2) is 29.3 Å². The summed E-state index contributed by atoms with van der Waals surface area (Å²) in [6.07, 6.45) is -9.61. The zero-order chi connectivity index (χ0) is 22.9. The van der Waals surface area contributed by atoms with Crippen LogP contribution >= 0.6 is 23.4 Å². The largest absolute Gasteiger partial charge is 0.418 e. The molecule has 1 amide bonds. The summed E-state index contributed by atoms with van der Waals surface area (Å²) in [7, 11) is 0. The molecule has 0 bridgehead atoms. The Kier molecular flexibility index (Phi) is 6.94. The molecule has 0 aliphatic carbocycles. The van der Waals surface area contributed by atoms with Crippen LogP contribution in [0.25, 0.3) is 0 Å². The number of nitrogens with zero attached hydrogens (tertiary/aromatic N) is 2. The summed E-state index contributed by atoms with van der Waals surface area (Å²) in [5.41, 5.74) is -3.73. The molecule has 4 nitrogen and oxygen atoms in total. The van der Waals surface area contributed by atoms with E-state index in [1.54, 1.807) is 0 Å². The van der Waals surface area contributed by atoms with Gasteiger partial charge < -0.3 is 5.32 Å². The molecule has 0 radical (unpaired) electrons. The third-order valence-corrected chi connectivity index (χ3v) is 5.06. The van der Waals surface area contributed by atoms with Gasteiger partial charge in [0, 0.05) is 10.7 Å². The second kappa shape index (κ2) is 8.73. The lowest BCUT2D eigenvalue weighted by molar-refractivity contribution is -0.138. The maximum Gasteiger partial charge on any atom is 0.418 e. The fraction of sp³-hybridized carbons (Fsp3) is 0.278. The van der Waals surface area contributed by atoms with E-state index < -0.39 is 45.9 Å². The number of halogens is 7. The molecule has 0 fully saturated rings. The lowest BCUT2D eigenvalue weighted by Gasteiger charge is -2.18. The van der Waals surface area contributed by atoms with Crippen molar-refractivity contribution >= 4 is 35.0 Å². The predicted molar refractivity (Wildman–Crippen MR) is 99.1 cm³/mol. The monoisotopic (exact) mass is 467 g/mol. The van der Waals surface area contributed by atoms with Crippen LogP contribution in [0.4, 0.5) is 32.0 Å². The van der Waals surface area contributed by atoms with Gasteiger partial charge in [-0.2, -0.15) is 31.6 Å². The highest BCUT2D eigenvalue weighted by atomic mass is 35.5. The van der Waals surface area contributed by atoms with E-state index in [4.69, 9.17) is 16.9 Å². The number of benzene rings is 1. The molecule has 12 heteroatoms. The normalized spacial score (nSPS) is 12.9. The molecule has 1 N–H and O–H groups in total. The molecule has 0 aliphatic rings. The van der Waals surface area contributed by atoms with Gasteiger partial charge in [0.05, 0.1) is 27.6 Å². The van der Waals surface area contributed by atoms with Gasteiger partial charge in [-0.05, 0) is 38.1 Å². The first-order valence-corrected chi connectivity index (χ1v) is 9.33. The van der Waals surface area contributed by atoms with Gasteiger partial charge in [-0.15, -0.1) is 0 Å². The van der Waals surface area contributed by atoms with Gasteiger partial charge in [-0.3, -0.25) is 4.79 Å². The summed E-state index contributed by atoms with van der Waals surface area (Å²) in [6, 6.07) is 4.89. The molecule has 1 atom stereocenters. The number of hydrogen-bond donors (Lipinski definition) is 1. The molecule has 0 aliphatic heterocycles. The van der Waals surface area contributed by atoms with E-state index in [9.17, 15) is 31.1 Å². The van der Waals surface area contributed by atoms with Crippen LogP contribution in [-0.2, 0) is 17.1 Å². The Labute approximate surface area is 176 Å². The van der Waals surface area contributed by atoms with Crippen LogP contribution in [-0.4, -0.2) is 16.1 Å². The van der Waals surface area contributed by atoms with Gasteiger partial charge in [-0.25, -0.2) is 4.98 Å². The van der Waals surface area contributed by atoms with Crippen molar-refractivity contribution in [3.05, 3.63) is 51.7 Å². The zero-order valence-electron chi connectivity index (χ0n) is 15.2. The van der Waals surface area contributed by atoms with Crippen molar-refractivity contribution in [2.75, 3.05) is 5.32 Å². The van der Waals surface area contributed by atoms with E-state index in [2.05, 4.69) is 10.3 Å². The minimum absolute atomic E-state index is 0.0338. The van der Waals surface area contributed by atoms with Crippen LogP contribution in [0.3, 0.4) is 0 Å². The minimum atomic E-state index is -4.81. The zero-order valence-corrected chi connectivity index (χ0v) is 16.8. The average molecular weight is 468 g/mol. The van der Waals surface area contributed by atoms with Gasteiger partial charge >= 0.3 is 12.4 Å². The standard InChI is InChI=1S/C18H12ClF6N3OS/c1-8-5-12(17(20,21)22)11(7-26)16(27-8)30-9(2)15(29)28-14-4-3-10(19)6-13(14)18(23,24)25/h3-6,9H,1-2H3,(H,28,29). The van der Waals surface area contributed by atoms with Gasteiger partial charge in [0.2, 0.25) is 5.91 Å². The van der Waals surface area contributed by atoms with Gasteiger partial charge in [0.25, 0.3) is 0 Å². The number of hydrogen-bond acceptors (Lipinski definition) is 4. The van der Waals surface area contributed by atoms with Crippen LogP contribution < -0.4 is 5.32 Å². The van der Waals surface area contributed by atoms with E-state index in [1.165, 1.54) is 19.9 Å². The molecule has 1 aromatic heterocycles. The molecular formula is C18H12ClF6N3OS. The van der Waals surface area contributed by atoms with Crippen molar-refractivity contribution in [1.82, 2.24) is 4.98 Å². The fourth-order valence-electron chi connectivity index (χ4n) is 2.38. The van der Waals surface area contributed by atoms with E-state index in [-0.39, 0.29) is 15.7 Å². The first-order chi connectivity index (χ1) is 13.7. The predicted octanol–water partition coefficient (Wildman–Crippen LogP) is 6.07. The number of aromatic nitrogens is 1. The molecule has 160 valence electrons.